The number of nitrogens with two attached hydrogens (primary N) is 1. The van der Waals surface area contributed by atoms with Crippen molar-refractivity contribution in [3.8, 4) is 0 Å². The molecule has 1 unspecified atom stereocenters. The van der Waals surface area contributed by atoms with Crippen LogP contribution in [-0.2, 0) is 0 Å². The first-order valence-electron chi connectivity index (χ1n) is 5.04. The first-order chi connectivity index (χ1) is 6.33. The van der Waals surface area contributed by atoms with Gasteiger partial charge in [0, 0.05) is 26.2 Å². The van der Waals surface area contributed by atoms with Crippen LogP contribution in [0, 0.1) is 5.92 Å². The highest BCUT2D eigenvalue weighted by atomic mass is 15.3. The number of aliphatic imine (C=N–C) groups is 1. The molecule has 0 spiro atoms. The van der Waals surface area contributed by atoms with E-state index >= 15 is 0 Å². The largest absolute Gasteiger partial charge is 0.354 e. The van der Waals surface area contributed by atoms with Gasteiger partial charge < -0.3 is 16.0 Å². The molecule has 2 aliphatic rings. The second kappa shape index (κ2) is 3.54. The van der Waals surface area contributed by atoms with E-state index in [2.05, 4.69) is 22.3 Å². The van der Waals surface area contributed by atoms with Crippen molar-refractivity contribution >= 4 is 5.96 Å². The first kappa shape index (κ1) is 8.81. The molecular weight excluding hydrogens is 164 g/mol. The van der Waals surface area contributed by atoms with E-state index in [1.165, 1.54) is 12.8 Å². The summed E-state index contributed by atoms with van der Waals surface area (Å²) in [7, 11) is 2.09. The minimum absolute atomic E-state index is 0.490. The lowest BCUT2D eigenvalue weighted by Crippen LogP contribution is -2.47. The number of hydrogen-bond donors (Lipinski definition) is 2. The molecule has 4 heteroatoms. The van der Waals surface area contributed by atoms with Crippen molar-refractivity contribution in [2.24, 2.45) is 16.6 Å². The zero-order chi connectivity index (χ0) is 9.26. The lowest BCUT2D eigenvalue weighted by atomic mass is 10.1. The van der Waals surface area contributed by atoms with Crippen LogP contribution in [0.5, 0.6) is 0 Å². The fraction of sp³-hybridized carbons (Fsp3) is 0.889. The van der Waals surface area contributed by atoms with E-state index in [-0.39, 0.29) is 0 Å². The lowest BCUT2D eigenvalue weighted by Gasteiger charge is -2.28. The Labute approximate surface area is 79.2 Å². The smallest absolute Gasteiger partial charge is 0.194 e. The molecule has 1 heterocycles. The summed E-state index contributed by atoms with van der Waals surface area (Å²) in [4.78, 5) is 6.60. The van der Waals surface area contributed by atoms with Gasteiger partial charge in [-0.05, 0) is 18.8 Å². The van der Waals surface area contributed by atoms with Gasteiger partial charge in [-0.15, -0.1) is 0 Å². The molecule has 0 aromatic heterocycles. The summed E-state index contributed by atoms with van der Waals surface area (Å²) in [5.74, 6) is 1.84. The predicted molar refractivity (Wildman–Crippen MR) is 53.6 cm³/mol. The van der Waals surface area contributed by atoms with E-state index in [4.69, 9.17) is 5.73 Å². The Bertz CT molecular complexity index is 210. The van der Waals surface area contributed by atoms with E-state index < -0.39 is 0 Å². The monoisotopic (exact) mass is 182 g/mol. The molecule has 1 atom stereocenters. The fourth-order valence-corrected chi connectivity index (χ4v) is 1.93. The molecule has 0 saturated heterocycles. The van der Waals surface area contributed by atoms with E-state index in [1.807, 2.05) is 0 Å². The summed E-state index contributed by atoms with van der Waals surface area (Å²) >= 11 is 0. The minimum Gasteiger partial charge on any atom is -0.354 e. The van der Waals surface area contributed by atoms with Crippen LogP contribution in [0.3, 0.4) is 0 Å². The average Bonchev–Trinajstić information content (AvgIpc) is 2.83. The molecule has 1 aliphatic heterocycles. The summed E-state index contributed by atoms with van der Waals surface area (Å²) in [5, 5.41) is 3.27. The summed E-state index contributed by atoms with van der Waals surface area (Å²) in [6, 6.07) is 0.490. The second-order valence-corrected chi connectivity index (χ2v) is 3.88. The molecule has 0 amide bonds. The highest BCUT2D eigenvalue weighted by Crippen LogP contribution is 2.34. The van der Waals surface area contributed by atoms with Crippen molar-refractivity contribution in [2.45, 2.75) is 18.9 Å². The van der Waals surface area contributed by atoms with E-state index in [0.717, 1.165) is 31.5 Å². The third kappa shape index (κ3) is 1.77. The molecule has 4 nitrogen and oxygen atoms in total. The van der Waals surface area contributed by atoms with Crippen LogP contribution < -0.4 is 11.1 Å². The second-order valence-electron chi connectivity index (χ2n) is 3.88. The van der Waals surface area contributed by atoms with E-state index in [0.29, 0.717) is 6.04 Å². The maximum Gasteiger partial charge on any atom is 0.194 e. The normalized spacial score (nSPS) is 23.7. The van der Waals surface area contributed by atoms with Crippen LogP contribution in [0.1, 0.15) is 12.8 Å². The Hall–Kier alpha value is -0.770. The van der Waals surface area contributed by atoms with Crippen LogP contribution in [0.2, 0.25) is 0 Å². The van der Waals surface area contributed by atoms with Crippen molar-refractivity contribution in [1.29, 1.82) is 0 Å². The van der Waals surface area contributed by atoms with Crippen molar-refractivity contribution in [2.75, 3.05) is 26.7 Å². The number of guanidine groups is 1. The predicted octanol–water partition coefficient (Wildman–Crippen LogP) is -0.385. The van der Waals surface area contributed by atoms with Crippen molar-refractivity contribution < 1.29 is 0 Å². The molecule has 1 aliphatic carbocycles. The molecular formula is C9H18N4. The van der Waals surface area contributed by atoms with E-state index in [9.17, 15) is 0 Å². The number of rotatable bonds is 3. The van der Waals surface area contributed by atoms with Gasteiger partial charge in [0.1, 0.15) is 0 Å². The lowest BCUT2D eigenvalue weighted by molar-refractivity contribution is 0.329. The Morgan fingerprint density at radius 2 is 2.46 bits per heavy atom. The quantitative estimate of drug-likeness (QED) is 0.625. The zero-order valence-electron chi connectivity index (χ0n) is 8.16. The van der Waals surface area contributed by atoms with Crippen LogP contribution in [-0.4, -0.2) is 43.6 Å². The first-order valence-corrected chi connectivity index (χ1v) is 5.04. The maximum absolute atomic E-state index is 5.76. The van der Waals surface area contributed by atoms with E-state index in [1.54, 1.807) is 0 Å². The van der Waals surface area contributed by atoms with Gasteiger partial charge in [-0.25, -0.2) is 0 Å². The third-order valence-corrected chi connectivity index (χ3v) is 2.90. The topological polar surface area (TPSA) is 53.6 Å². The van der Waals surface area contributed by atoms with Gasteiger partial charge in [-0.2, -0.15) is 0 Å². The van der Waals surface area contributed by atoms with Crippen LogP contribution in [0.25, 0.3) is 0 Å². The standard InChI is InChI=1S/C9H18N4/c1-13(9-11-4-5-12-9)8(6-10)7-2-3-7/h7-8H,2-6,10H2,1H3,(H,11,12). The summed E-state index contributed by atoms with van der Waals surface area (Å²) < 4.78 is 0. The van der Waals surface area contributed by atoms with Gasteiger partial charge in [0.15, 0.2) is 5.96 Å². The zero-order valence-corrected chi connectivity index (χ0v) is 8.16. The van der Waals surface area contributed by atoms with Crippen LogP contribution >= 0.6 is 0 Å². The Kier molecular flexibility index (Phi) is 2.40. The van der Waals surface area contributed by atoms with Gasteiger partial charge in [-0.3, -0.25) is 4.99 Å². The summed E-state index contributed by atoms with van der Waals surface area (Å²) in [6.45, 7) is 2.62. The molecule has 0 aromatic carbocycles. The van der Waals surface area contributed by atoms with Crippen LogP contribution in [0.15, 0.2) is 4.99 Å². The van der Waals surface area contributed by atoms with Crippen molar-refractivity contribution in [3.63, 3.8) is 0 Å². The van der Waals surface area contributed by atoms with Crippen LogP contribution in [0.4, 0.5) is 0 Å². The molecule has 13 heavy (non-hydrogen) atoms. The fourth-order valence-electron chi connectivity index (χ4n) is 1.93. The average molecular weight is 182 g/mol. The molecule has 2 rings (SSSR count). The van der Waals surface area contributed by atoms with Gasteiger partial charge >= 0.3 is 0 Å². The SMILES string of the molecule is CN(C1=NCCN1)C(CN)C1CC1. The number of hydrogen-bond acceptors (Lipinski definition) is 4. The Morgan fingerprint density at radius 3 is 2.92 bits per heavy atom. The molecule has 0 bridgehead atoms. The molecule has 1 fully saturated rings. The summed E-state index contributed by atoms with van der Waals surface area (Å²) in [6.07, 6.45) is 2.67. The van der Waals surface area contributed by atoms with Crippen molar-refractivity contribution in [3.05, 3.63) is 0 Å². The molecule has 0 aromatic rings. The highest BCUT2D eigenvalue weighted by Gasteiger charge is 2.34. The number of likely N-dealkylation sites (N-methyl/N-ethyl adjacent to an activating group) is 1. The molecule has 1 saturated carbocycles. The Morgan fingerprint density at radius 1 is 1.69 bits per heavy atom. The highest BCUT2D eigenvalue weighted by molar-refractivity contribution is 5.81. The number of nitrogens with zero attached hydrogens (tertiary/aromatic N) is 2. The van der Waals surface area contributed by atoms with Gasteiger partial charge in [-0.1, -0.05) is 0 Å². The number of nitrogens with one attached hydrogen (secondary N) is 1. The Balaban J connectivity index is 1.96. The van der Waals surface area contributed by atoms with Gasteiger partial charge in [0.2, 0.25) is 0 Å². The molecule has 74 valence electrons. The maximum atomic E-state index is 5.76. The third-order valence-electron chi connectivity index (χ3n) is 2.90. The van der Waals surface area contributed by atoms with Gasteiger partial charge in [0.25, 0.3) is 0 Å². The summed E-state index contributed by atoms with van der Waals surface area (Å²) in [5.41, 5.74) is 5.76. The molecule has 3 N–H and O–H groups in total. The van der Waals surface area contributed by atoms with Gasteiger partial charge in [0.05, 0.1) is 6.54 Å². The minimum atomic E-state index is 0.490. The van der Waals surface area contributed by atoms with Crippen molar-refractivity contribution in [1.82, 2.24) is 10.2 Å². The molecule has 0 radical (unpaired) electrons.